The molecule has 0 aromatic carbocycles. The topological polar surface area (TPSA) is 58.0 Å². The van der Waals surface area contributed by atoms with Gasteiger partial charge in [0.2, 0.25) is 0 Å². The zero-order chi connectivity index (χ0) is 9.84. The van der Waals surface area contributed by atoms with Crippen molar-refractivity contribution in [2.75, 3.05) is 5.32 Å². The van der Waals surface area contributed by atoms with Crippen LogP contribution < -0.4 is 5.32 Å². The van der Waals surface area contributed by atoms with Crippen LogP contribution in [0.4, 0.5) is 5.82 Å². The van der Waals surface area contributed by atoms with Crippen LogP contribution in [-0.4, -0.2) is 21.1 Å². The van der Waals surface area contributed by atoms with Gasteiger partial charge in [-0.3, -0.25) is 0 Å². The minimum atomic E-state index is -0.0455. The van der Waals surface area contributed by atoms with E-state index in [4.69, 9.17) is 5.11 Å². The summed E-state index contributed by atoms with van der Waals surface area (Å²) in [5.74, 6) is 1.45. The summed E-state index contributed by atoms with van der Waals surface area (Å²) < 4.78 is 0. The minimum Gasteiger partial charge on any atom is -0.390 e. The third-order valence-electron chi connectivity index (χ3n) is 1.49. The van der Waals surface area contributed by atoms with Crippen molar-refractivity contribution in [3.05, 3.63) is 17.6 Å². The van der Waals surface area contributed by atoms with Gasteiger partial charge >= 0.3 is 0 Å². The molecular formula is C9H15N3O. The maximum absolute atomic E-state index is 8.90. The second kappa shape index (κ2) is 4.18. The van der Waals surface area contributed by atoms with Crippen LogP contribution in [0.2, 0.25) is 0 Å². The number of nitrogens with one attached hydrogen (secondary N) is 1. The summed E-state index contributed by atoms with van der Waals surface area (Å²) in [6.07, 6.45) is 0. The van der Waals surface area contributed by atoms with Crippen LogP contribution in [0.5, 0.6) is 0 Å². The van der Waals surface area contributed by atoms with E-state index in [1.165, 1.54) is 0 Å². The van der Waals surface area contributed by atoms with Gasteiger partial charge in [0.1, 0.15) is 11.6 Å². The first-order valence-corrected chi connectivity index (χ1v) is 4.33. The fraction of sp³-hybridized carbons (Fsp3) is 0.556. The highest BCUT2D eigenvalue weighted by Crippen LogP contribution is 2.07. The van der Waals surface area contributed by atoms with E-state index in [1.807, 2.05) is 20.8 Å². The second-order valence-corrected chi connectivity index (χ2v) is 3.25. The lowest BCUT2D eigenvalue weighted by Crippen LogP contribution is -2.12. The summed E-state index contributed by atoms with van der Waals surface area (Å²) in [5, 5.41) is 12.1. The lowest BCUT2D eigenvalue weighted by molar-refractivity contribution is 0.276. The molecule has 0 atom stereocenters. The van der Waals surface area contributed by atoms with Gasteiger partial charge in [-0.2, -0.15) is 0 Å². The Hall–Kier alpha value is -1.16. The molecule has 0 fully saturated rings. The molecule has 0 radical (unpaired) electrons. The van der Waals surface area contributed by atoms with Crippen molar-refractivity contribution < 1.29 is 5.11 Å². The summed E-state index contributed by atoms with van der Waals surface area (Å²) in [6, 6.07) is 2.09. The molecule has 1 rings (SSSR count). The van der Waals surface area contributed by atoms with Crippen LogP contribution in [0.1, 0.15) is 25.4 Å². The summed E-state index contributed by atoms with van der Waals surface area (Å²) in [7, 11) is 0. The molecule has 0 spiro atoms. The number of aliphatic hydroxyl groups is 1. The highest BCUT2D eigenvalue weighted by atomic mass is 16.3. The van der Waals surface area contributed by atoms with Gasteiger partial charge in [-0.15, -0.1) is 0 Å². The Balaban J connectivity index is 2.88. The van der Waals surface area contributed by atoms with Crippen LogP contribution in [0.15, 0.2) is 6.07 Å². The zero-order valence-electron chi connectivity index (χ0n) is 8.20. The van der Waals surface area contributed by atoms with Gasteiger partial charge in [-0.1, -0.05) is 0 Å². The van der Waals surface area contributed by atoms with Crippen molar-refractivity contribution in [3.8, 4) is 0 Å². The van der Waals surface area contributed by atoms with Crippen molar-refractivity contribution in [2.45, 2.75) is 33.4 Å². The molecule has 0 aliphatic carbocycles. The van der Waals surface area contributed by atoms with E-state index in [0.717, 1.165) is 5.82 Å². The van der Waals surface area contributed by atoms with E-state index in [1.54, 1.807) is 6.07 Å². The Labute approximate surface area is 78.0 Å². The highest BCUT2D eigenvalue weighted by Gasteiger charge is 2.01. The molecule has 4 heteroatoms. The summed E-state index contributed by atoms with van der Waals surface area (Å²) in [4.78, 5) is 8.25. The van der Waals surface area contributed by atoms with E-state index in [2.05, 4.69) is 15.3 Å². The number of hydrogen-bond donors (Lipinski definition) is 2. The zero-order valence-corrected chi connectivity index (χ0v) is 8.20. The Bertz CT molecular complexity index is 286. The number of hydrogen-bond acceptors (Lipinski definition) is 4. The fourth-order valence-corrected chi connectivity index (χ4v) is 1.08. The van der Waals surface area contributed by atoms with E-state index < -0.39 is 0 Å². The number of rotatable bonds is 3. The Morgan fingerprint density at radius 3 is 2.69 bits per heavy atom. The van der Waals surface area contributed by atoms with Gasteiger partial charge < -0.3 is 10.4 Å². The average Bonchev–Trinajstić information content (AvgIpc) is 2.01. The first-order chi connectivity index (χ1) is 6.11. The van der Waals surface area contributed by atoms with Crippen LogP contribution in [0.25, 0.3) is 0 Å². The molecule has 72 valence electrons. The van der Waals surface area contributed by atoms with Gasteiger partial charge in [-0.05, 0) is 20.8 Å². The van der Waals surface area contributed by atoms with Gasteiger partial charge in [0.25, 0.3) is 0 Å². The van der Waals surface area contributed by atoms with Gasteiger partial charge in [-0.25, -0.2) is 9.97 Å². The number of aryl methyl sites for hydroxylation is 1. The maximum atomic E-state index is 8.90. The molecule has 0 aliphatic rings. The second-order valence-electron chi connectivity index (χ2n) is 3.25. The number of aliphatic hydroxyl groups excluding tert-OH is 1. The van der Waals surface area contributed by atoms with Gasteiger partial charge in [0.15, 0.2) is 0 Å². The SMILES string of the molecule is Cc1nc(CO)cc(NC(C)C)n1. The molecular weight excluding hydrogens is 166 g/mol. The molecule has 4 nitrogen and oxygen atoms in total. The first-order valence-electron chi connectivity index (χ1n) is 4.33. The number of nitrogens with zero attached hydrogens (tertiary/aromatic N) is 2. The van der Waals surface area contributed by atoms with E-state index in [0.29, 0.717) is 17.6 Å². The molecule has 0 unspecified atom stereocenters. The molecule has 1 heterocycles. The molecule has 0 amide bonds. The number of anilines is 1. The summed E-state index contributed by atoms with van der Waals surface area (Å²) in [5.41, 5.74) is 0.649. The normalized spacial score (nSPS) is 10.5. The minimum absolute atomic E-state index is 0.0455. The van der Waals surface area contributed by atoms with E-state index in [-0.39, 0.29) is 6.61 Å². The van der Waals surface area contributed by atoms with Crippen molar-refractivity contribution in [1.82, 2.24) is 9.97 Å². The maximum Gasteiger partial charge on any atom is 0.130 e. The predicted molar refractivity (Wildman–Crippen MR) is 51.5 cm³/mol. The van der Waals surface area contributed by atoms with E-state index in [9.17, 15) is 0 Å². The smallest absolute Gasteiger partial charge is 0.130 e. The monoisotopic (exact) mass is 181 g/mol. The molecule has 0 saturated heterocycles. The first kappa shape index (κ1) is 9.92. The summed E-state index contributed by atoms with van der Waals surface area (Å²) in [6.45, 7) is 5.84. The number of aromatic nitrogens is 2. The fourth-order valence-electron chi connectivity index (χ4n) is 1.08. The molecule has 0 aliphatic heterocycles. The van der Waals surface area contributed by atoms with Crippen LogP contribution in [0, 0.1) is 6.92 Å². The Morgan fingerprint density at radius 1 is 1.46 bits per heavy atom. The lowest BCUT2D eigenvalue weighted by atomic mass is 10.3. The van der Waals surface area contributed by atoms with Gasteiger partial charge in [0.05, 0.1) is 12.3 Å². The summed E-state index contributed by atoms with van der Waals surface area (Å²) >= 11 is 0. The lowest BCUT2D eigenvalue weighted by Gasteiger charge is -2.09. The van der Waals surface area contributed by atoms with Crippen LogP contribution >= 0.6 is 0 Å². The van der Waals surface area contributed by atoms with Crippen LogP contribution in [-0.2, 0) is 6.61 Å². The molecule has 1 aromatic heterocycles. The third kappa shape index (κ3) is 2.99. The highest BCUT2D eigenvalue weighted by molar-refractivity contribution is 5.36. The molecule has 13 heavy (non-hydrogen) atoms. The largest absolute Gasteiger partial charge is 0.390 e. The molecule has 0 saturated carbocycles. The van der Waals surface area contributed by atoms with Crippen LogP contribution in [0.3, 0.4) is 0 Å². The van der Waals surface area contributed by atoms with E-state index >= 15 is 0 Å². The van der Waals surface area contributed by atoms with Crippen molar-refractivity contribution in [2.24, 2.45) is 0 Å². The predicted octanol–water partition coefficient (Wildman–Crippen LogP) is 1.10. The molecule has 2 N–H and O–H groups in total. The molecule has 1 aromatic rings. The Morgan fingerprint density at radius 2 is 2.15 bits per heavy atom. The van der Waals surface area contributed by atoms with Crippen molar-refractivity contribution in [3.63, 3.8) is 0 Å². The quantitative estimate of drug-likeness (QED) is 0.733. The standard InChI is InChI=1S/C9H15N3O/c1-6(2)10-9-4-8(5-13)11-7(3)12-9/h4,6,13H,5H2,1-3H3,(H,10,11,12). The average molecular weight is 181 g/mol. The van der Waals surface area contributed by atoms with Crippen molar-refractivity contribution >= 4 is 5.82 Å². The Kier molecular flexibility index (Phi) is 3.19. The van der Waals surface area contributed by atoms with Gasteiger partial charge in [0, 0.05) is 12.1 Å². The molecule has 0 bridgehead atoms. The van der Waals surface area contributed by atoms with Crippen molar-refractivity contribution in [1.29, 1.82) is 0 Å². The third-order valence-corrected chi connectivity index (χ3v) is 1.49.